The Hall–Kier alpha value is -1.78. The number of anilines is 1. The summed E-state index contributed by atoms with van der Waals surface area (Å²) in [5, 5.41) is 8.69. The van der Waals surface area contributed by atoms with Gasteiger partial charge in [-0.3, -0.25) is 0 Å². The summed E-state index contributed by atoms with van der Waals surface area (Å²) < 4.78 is 30.4. The maximum Gasteiger partial charge on any atom is 0.217 e. The molecule has 0 fully saturated rings. The Kier molecular flexibility index (Phi) is 5.80. The summed E-state index contributed by atoms with van der Waals surface area (Å²) in [6.45, 7) is 1.91. The molecular weight excluding hydrogens is 278 g/mol. The fourth-order valence-electron chi connectivity index (χ4n) is 1.52. The van der Waals surface area contributed by atoms with Gasteiger partial charge in [0.1, 0.15) is 12.4 Å². The highest BCUT2D eigenvalue weighted by Gasteiger charge is 2.19. The van der Waals surface area contributed by atoms with Gasteiger partial charge in [-0.05, 0) is 31.2 Å². The number of hydrogen-bond acceptors (Lipinski definition) is 5. The van der Waals surface area contributed by atoms with Crippen LogP contribution in [0.1, 0.15) is 6.92 Å². The predicted octanol–water partition coefficient (Wildman–Crippen LogP) is 1.07. The van der Waals surface area contributed by atoms with Crippen molar-refractivity contribution in [3.63, 3.8) is 0 Å². The fourth-order valence-corrected chi connectivity index (χ4v) is 2.58. The Balaban J connectivity index is 2.47. The second-order valence-corrected chi connectivity index (χ2v) is 6.74. The van der Waals surface area contributed by atoms with Gasteiger partial charge in [0.25, 0.3) is 0 Å². The van der Waals surface area contributed by atoms with E-state index in [-0.39, 0.29) is 24.8 Å². The van der Waals surface area contributed by atoms with Gasteiger partial charge in [-0.25, -0.2) is 12.7 Å². The normalized spacial score (nSPS) is 12.9. The number of ether oxygens (including phenoxy) is 1. The standard InChI is InChI=1S/C13H19N3O3S/c1-11(9-14)10-16(2)20(17,18)8-7-19-13-5-3-12(15)4-6-13/h3-6,11H,7-8,10,15H2,1-2H3. The average Bonchev–Trinajstić information content (AvgIpc) is 2.40. The number of hydrogen-bond donors (Lipinski definition) is 1. The van der Waals surface area contributed by atoms with Crippen LogP contribution in [0.2, 0.25) is 0 Å². The second-order valence-electron chi connectivity index (χ2n) is 4.54. The number of nitriles is 1. The molecule has 0 aliphatic rings. The van der Waals surface area contributed by atoms with Crippen molar-refractivity contribution in [2.45, 2.75) is 6.92 Å². The van der Waals surface area contributed by atoms with E-state index in [1.54, 1.807) is 31.2 Å². The number of nitrogen functional groups attached to an aromatic ring is 1. The van der Waals surface area contributed by atoms with E-state index in [1.807, 2.05) is 6.07 Å². The van der Waals surface area contributed by atoms with E-state index in [4.69, 9.17) is 15.7 Å². The van der Waals surface area contributed by atoms with E-state index in [0.29, 0.717) is 11.4 Å². The van der Waals surface area contributed by atoms with Crippen molar-refractivity contribution in [1.29, 1.82) is 5.26 Å². The van der Waals surface area contributed by atoms with Gasteiger partial charge in [0.05, 0.1) is 17.7 Å². The third-order valence-electron chi connectivity index (χ3n) is 2.72. The number of nitrogens with zero attached hydrogens (tertiary/aromatic N) is 2. The smallest absolute Gasteiger partial charge is 0.217 e. The van der Waals surface area contributed by atoms with Gasteiger partial charge < -0.3 is 10.5 Å². The molecule has 0 radical (unpaired) electrons. The molecule has 0 aliphatic heterocycles. The first-order valence-electron chi connectivity index (χ1n) is 6.17. The van der Waals surface area contributed by atoms with Gasteiger partial charge in [-0.15, -0.1) is 0 Å². The van der Waals surface area contributed by atoms with Crippen LogP contribution in [0, 0.1) is 17.2 Å². The maximum atomic E-state index is 11.9. The van der Waals surface area contributed by atoms with E-state index >= 15 is 0 Å². The van der Waals surface area contributed by atoms with E-state index in [1.165, 1.54) is 11.4 Å². The molecule has 0 aliphatic carbocycles. The van der Waals surface area contributed by atoms with Crippen LogP contribution in [0.5, 0.6) is 5.75 Å². The van der Waals surface area contributed by atoms with Crippen molar-refractivity contribution in [2.75, 3.05) is 31.7 Å². The van der Waals surface area contributed by atoms with Crippen LogP contribution in [0.15, 0.2) is 24.3 Å². The van der Waals surface area contributed by atoms with Crippen LogP contribution in [-0.2, 0) is 10.0 Å². The van der Waals surface area contributed by atoms with Crippen molar-refractivity contribution in [2.24, 2.45) is 5.92 Å². The van der Waals surface area contributed by atoms with Gasteiger partial charge in [-0.1, -0.05) is 0 Å². The molecule has 1 rings (SSSR count). The minimum absolute atomic E-state index is 0.0531. The first-order chi connectivity index (χ1) is 9.35. The lowest BCUT2D eigenvalue weighted by molar-refractivity contribution is 0.336. The van der Waals surface area contributed by atoms with Crippen molar-refractivity contribution < 1.29 is 13.2 Å². The summed E-state index contributed by atoms with van der Waals surface area (Å²) in [6.07, 6.45) is 0. The Bertz CT molecular complexity index is 564. The van der Waals surface area contributed by atoms with Crippen LogP contribution in [0.3, 0.4) is 0 Å². The fraction of sp³-hybridized carbons (Fsp3) is 0.462. The lowest BCUT2D eigenvalue weighted by atomic mass is 10.2. The van der Waals surface area contributed by atoms with Crippen LogP contribution < -0.4 is 10.5 Å². The Morgan fingerprint density at radius 3 is 2.55 bits per heavy atom. The topological polar surface area (TPSA) is 96.4 Å². The van der Waals surface area contributed by atoms with Crippen LogP contribution in [0.4, 0.5) is 5.69 Å². The SMILES string of the molecule is CC(C#N)CN(C)S(=O)(=O)CCOc1ccc(N)cc1. The van der Waals surface area contributed by atoms with E-state index in [9.17, 15) is 8.42 Å². The number of rotatable bonds is 7. The zero-order valence-electron chi connectivity index (χ0n) is 11.6. The molecule has 0 aromatic heterocycles. The third kappa shape index (κ3) is 5.07. The quantitative estimate of drug-likeness (QED) is 0.759. The molecule has 1 atom stereocenters. The predicted molar refractivity (Wildman–Crippen MR) is 77.5 cm³/mol. The van der Waals surface area contributed by atoms with Gasteiger partial charge in [-0.2, -0.15) is 5.26 Å². The molecular formula is C13H19N3O3S. The Morgan fingerprint density at radius 2 is 2.00 bits per heavy atom. The summed E-state index contributed by atoms with van der Waals surface area (Å²) in [5.74, 6) is 0.0988. The van der Waals surface area contributed by atoms with Crippen LogP contribution >= 0.6 is 0 Å². The summed E-state index contributed by atoms with van der Waals surface area (Å²) in [7, 11) is -1.95. The maximum absolute atomic E-state index is 11.9. The van der Waals surface area contributed by atoms with E-state index in [2.05, 4.69) is 0 Å². The highest BCUT2D eigenvalue weighted by atomic mass is 32.2. The molecule has 0 heterocycles. The Morgan fingerprint density at radius 1 is 1.40 bits per heavy atom. The minimum atomic E-state index is -3.41. The zero-order chi connectivity index (χ0) is 15.2. The molecule has 0 bridgehead atoms. The summed E-state index contributed by atoms with van der Waals surface area (Å²) in [4.78, 5) is 0. The number of benzene rings is 1. The van der Waals surface area contributed by atoms with E-state index < -0.39 is 10.0 Å². The number of nitrogens with two attached hydrogens (primary N) is 1. The zero-order valence-corrected chi connectivity index (χ0v) is 12.4. The summed E-state index contributed by atoms with van der Waals surface area (Å²) in [6, 6.07) is 8.74. The minimum Gasteiger partial charge on any atom is -0.492 e. The molecule has 0 spiro atoms. The molecule has 6 nitrogen and oxygen atoms in total. The molecule has 1 unspecified atom stereocenters. The molecule has 0 amide bonds. The molecule has 1 aromatic carbocycles. The monoisotopic (exact) mass is 297 g/mol. The van der Waals surface area contributed by atoms with Gasteiger partial charge >= 0.3 is 0 Å². The molecule has 0 saturated heterocycles. The summed E-state index contributed by atoms with van der Waals surface area (Å²) >= 11 is 0. The second kappa shape index (κ2) is 7.12. The lowest BCUT2D eigenvalue weighted by Crippen LogP contribution is -2.34. The number of sulfonamides is 1. The summed E-state index contributed by atoms with van der Waals surface area (Å²) in [5.41, 5.74) is 6.16. The highest BCUT2D eigenvalue weighted by Crippen LogP contribution is 2.13. The van der Waals surface area contributed by atoms with Gasteiger partial charge in [0.15, 0.2) is 0 Å². The highest BCUT2D eigenvalue weighted by molar-refractivity contribution is 7.89. The van der Waals surface area contributed by atoms with Crippen LogP contribution in [0.25, 0.3) is 0 Å². The van der Waals surface area contributed by atoms with Crippen molar-refractivity contribution in [1.82, 2.24) is 4.31 Å². The first-order valence-corrected chi connectivity index (χ1v) is 7.78. The average molecular weight is 297 g/mol. The molecule has 2 N–H and O–H groups in total. The molecule has 1 aromatic rings. The lowest BCUT2D eigenvalue weighted by Gasteiger charge is -2.18. The molecule has 7 heteroatoms. The van der Waals surface area contributed by atoms with Gasteiger partial charge in [0, 0.05) is 19.3 Å². The van der Waals surface area contributed by atoms with Crippen LogP contribution in [-0.4, -0.2) is 38.7 Å². The Labute approximate surface area is 119 Å². The molecule has 0 saturated carbocycles. The van der Waals surface area contributed by atoms with Crippen molar-refractivity contribution in [3.8, 4) is 11.8 Å². The first kappa shape index (κ1) is 16.3. The van der Waals surface area contributed by atoms with E-state index in [0.717, 1.165) is 0 Å². The third-order valence-corrected chi connectivity index (χ3v) is 4.50. The van der Waals surface area contributed by atoms with Crippen molar-refractivity contribution in [3.05, 3.63) is 24.3 Å². The molecule has 110 valence electrons. The molecule has 20 heavy (non-hydrogen) atoms. The van der Waals surface area contributed by atoms with Crippen molar-refractivity contribution >= 4 is 15.7 Å². The van der Waals surface area contributed by atoms with Gasteiger partial charge in [0.2, 0.25) is 10.0 Å². The largest absolute Gasteiger partial charge is 0.492 e.